The van der Waals surface area contributed by atoms with Crippen LogP contribution in [0.1, 0.15) is 6.92 Å². The first-order chi connectivity index (χ1) is 12.7. The van der Waals surface area contributed by atoms with Gasteiger partial charge < -0.3 is 24.4 Å². The molecule has 2 aromatic carbocycles. The van der Waals surface area contributed by atoms with E-state index in [0.29, 0.717) is 17.5 Å². The molecule has 0 radical (unpaired) electrons. The number of carbonyl (C=O) groups excluding carboxylic acids is 1. The van der Waals surface area contributed by atoms with Gasteiger partial charge in [0.1, 0.15) is 0 Å². The number of hydrogen-bond donors (Lipinski definition) is 1. The van der Waals surface area contributed by atoms with Crippen LogP contribution in [0.2, 0.25) is 0 Å². The van der Waals surface area contributed by atoms with Crippen LogP contribution in [0.4, 0.5) is 11.4 Å². The zero-order chi connectivity index (χ0) is 18.4. The molecule has 1 aliphatic heterocycles. The number of carbonyl (C=O) groups is 1. The summed E-state index contributed by atoms with van der Waals surface area (Å²) < 4.78 is 16.2. The minimum atomic E-state index is -0.219. The Hall–Kier alpha value is -2.73. The predicted octanol–water partition coefficient (Wildman–Crippen LogP) is 2.94. The molecule has 1 amide bonds. The van der Waals surface area contributed by atoms with Crippen molar-refractivity contribution in [2.45, 2.75) is 13.0 Å². The number of hydrogen-bond acceptors (Lipinski definition) is 5. The Labute approximate surface area is 153 Å². The van der Waals surface area contributed by atoms with Gasteiger partial charge in [0.05, 0.1) is 20.3 Å². The molecule has 1 aliphatic rings. The summed E-state index contributed by atoms with van der Waals surface area (Å²) >= 11 is 0. The molecule has 1 atom stereocenters. The molecule has 1 heterocycles. The standard InChI is InChI=1S/C20H24N2O4/c1-15-13-25-12-11-22(15)17-9-7-16(8-10-17)21-20(23)14-26-19-6-4-3-5-18(19)24-2/h3-10,15H,11-14H2,1-2H3,(H,21,23). The summed E-state index contributed by atoms with van der Waals surface area (Å²) in [5.41, 5.74) is 1.87. The molecule has 1 saturated heterocycles. The number of para-hydroxylation sites is 2. The Balaban J connectivity index is 1.54. The average Bonchev–Trinajstić information content (AvgIpc) is 2.68. The average molecular weight is 356 g/mol. The molecule has 138 valence electrons. The highest BCUT2D eigenvalue weighted by atomic mass is 16.5. The molecule has 0 aliphatic carbocycles. The molecule has 6 heteroatoms. The first-order valence-electron chi connectivity index (χ1n) is 8.67. The van der Waals surface area contributed by atoms with Crippen molar-refractivity contribution < 1.29 is 19.0 Å². The summed E-state index contributed by atoms with van der Waals surface area (Å²) in [5.74, 6) is 0.925. The Morgan fingerprint density at radius 2 is 1.92 bits per heavy atom. The minimum Gasteiger partial charge on any atom is -0.493 e. The Bertz CT molecular complexity index is 733. The Morgan fingerprint density at radius 1 is 1.19 bits per heavy atom. The second-order valence-corrected chi connectivity index (χ2v) is 6.15. The zero-order valence-corrected chi connectivity index (χ0v) is 15.1. The molecule has 0 spiro atoms. The summed E-state index contributed by atoms with van der Waals surface area (Å²) in [4.78, 5) is 14.4. The van der Waals surface area contributed by atoms with Crippen LogP contribution in [-0.4, -0.2) is 45.4 Å². The third-order valence-electron chi connectivity index (χ3n) is 4.28. The molecular weight excluding hydrogens is 332 g/mol. The number of benzene rings is 2. The third-order valence-corrected chi connectivity index (χ3v) is 4.28. The van der Waals surface area contributed by atoms with Gasteiger partial charge in [0.25, 0.3) is 5.91 Å². The fourth-order valence-electron chi connectivity index (χ4n) is 2.93. The van der Waals surface area contributed by atoms with Crippen molar-refractivity contribution in [2.24, 2.45) is 0 Å². The van der Waals surface area contributed by atoms with E-state index in [4.69, 9.17) is 14.2 Å². The van der Waals surface area contributed by atoms with Gasteiger partial charge in [-0.15, -0.1) is 0 Å². The van der Waals surface area contributed by atoms with E-state index in [2.05, 4.69) is 17.1 Å². The van der Waals surface area contributed by atoms with Crippen LogP contribution in [0, 0.1) is 0 Å². The van der Waals surface area contributed by atoms with Gasteiger partial charge in [-0.2, -0.15) is 0 Å². The van der Waals surface area contributed by atoms with E-state index in [1.807, 2.05) is 36.4 Å². The predicted molar refractivity (Wildman–Crippen MR) is 101 cm³/mol. The highest BCUT2D eigenvalue weighted by Gasteiger charge is 2.18. The fourth-order valence-corrected chi connectivity index (χ4v) is 2.93. The van der Waals surface area contributed by atoms with E-state index in [9.17, 15) is 4.79 Å². The summed E-state index contributed by atoms with van der Waals surface area (Å²) in [6.07, 6.45) is 0. The van der Waals surface area contributed by atoms with Gasteiger partial charge in [-0.3, -0.25) is 4.79 Å². The third kappa shape index (κ3) is 4.46. The summed E-state index contributed by atoms with van der Waals surface area (Å²) in [7, 11) is 1.57. The highest BCUT2D eigenvalue weighted by Crippen LogP contribution is 2.26. The maximum absolute atomic E-state index is 12.1. The first kappa shape index (κ1) is 18.1. The quantitative estimate of drug-likeness (QED) is 0.862. The van der Waals surface area contributed by atoms with E-state index < -0.39 is 0 Å². The maximum atomic E-state index is 12.1. The van der Waals surface area contributed by atoms with Crippen LogP contribution in [0.5, 0.6) is 11.5 Å². The smallest absolute Gasteiger partial charge is 0.262 e. The van der Waals surface area contributed by atoms with Crippen LogP contribution < -0.4 is 19.7 Å². The fraction of sp³-hybridized carbons (Fsp3) is 0.350. The van der Waals surface area contributed by atoms with Gasteiger partial charge in [-0.25, -0.2) is 0 Å². The summed E-state index contributed by atoms with van der Waals surface area (Å²) in [6.45, 7) is 4.41. The van der Waals surface area contributed by atoms with Gasteiger partial charge in [0.15, 0.2) is 18.1 Å². The molecule has 1 N–H and O–H groups in total. The van der Waals surface area contributed by atoms with Crippen LogP contribution in [0.3, 0.4) is 0 Å². The van der Waals surface area contributed by atoms with E-state index in [1.54, 1.807) is 19.2 Å². The van der Waals surface area contributed by atoms with E-state index >= 15 is 0 Å². The summed E-state index contributed by atoms with van der Waals surface area (Å²) in [6, 6.07) is 15.4. The molecule has 0 saturated carbocycles. The van der Waals surface area contributed by atoms with Crippen LogP contribution >= 0.6 is 0 Å². The van der Waals surface area contributed by atoms with Crippen molar-refractivity contribution in [1.29, 1.82) is 0 Å². The number of ether oxygens (including phenoxy) is 3. The lowest BCUT2D eigenvalue weighted by molar-refractivity contribution is -0.118. The van der Waals surface area contributed by atoms with E-state index in [-0.39, 0.29) is 12.5 Å². The number of nitrogens with one attached hydrogen (secondary N) is 1. The molecule has 1 unspecified atom stereocenters. The number of rotatable bonds is 6. The van der Waals surface area contributed by atoms with Gasteiger partial charge >= 0.3 is 0 Å². The largest absolute Gasteiger partial charge is 0.493 e. The molecule has 1 fully saturated rings. The minimum absolute atomic E-state index is 0.0807. The van der Waals surface area contributed by atoms with E-state index in [0.717, 1.165) is 31.1 Å². The molecule has 2 aromatic rings. The molecule has 26 heavy (non-hydrogen) atoms. The van der Waals surface area contributed by atoms with Crippen LogP contribution in [0.15, 0.2) is 48.5 Å². The summed E-state index contributed by atoms with van der Waals surface area (Å²) in [5, 5.41) is 2.84. The Morgan fingerprint density at radius 3 is 2.62 bits per heavy atom. The van der Waals surface area contributed by atoms with Crippen LogP contribution in [-0.2, 0) is 9.53 Å². The SMILES string of the molecule is COc1ccccc1OCC(=O)Nc1ccc(N2CCOCC2C)cc1. The first-order valence-corrected chi connectivity index (χ1v) is 8.67. The van der Waals surface area contributed by atoms with Gasteiger partial charge in [0, 0.05) is 24.0 Å². The highest BCUT2D eigenvalue weighted by molar-refractivity contribution is 5.92. The molecule has 0 bridgehead atoms. The number of methoxy groups -OCH3 is 1. The second-order valence-electron chi connectivity index (χ2n) is 6.15. The van der Waals surface area contributed by atoms with Crippen LogP contribution in [0.25, 0.3) is 0 Å². The monoisotopic (exact) mass is 356 g/mol. The van der Waals surface area contributed by atoms with Crippen molar-refractivity contribution in [3.05, 3.63) is 48.5 Å². The lowest BCUT2D eigenvalue weighted by Crippen LogP contribution is -2.43. The van der Waals surface area contributed by atoms with Gasteiger partial charge in [-0.05, 0) is 43.3 Å². The number of morpholine rings is 1. The number of nitrogens with zero attached hydrogens (tertiary/aromatic N) is 1. The maximum Gasteiger partial charge on any atom is 0.262 e. The van der Waals surface area contributed by atoms with Gasteiger partial charge in [-0.1, -0.05) is 12.1 Å². The molecular formula is C20H24N2O4. The van der Waals surface area contributed by atoms with E-state index in [1.165, 1.54) is 0 Å². The zero-order valence-electron chi connectivity index (χ0n) is 15.1. The van der Waals surface area contributed by atoms with Gasteiger partial charge in [0.2, 0.25) is 0 Å². The topological polar surface area (TPSA) is 60.0 Å². The van der Waals surface area contributed by atoms with Crippen molar-refractivity contribution in [3.63, 3.8) is 0 Å². The molecule has 3 rings (SSSR count). The Kier molecular flexibility index (Phi) is 5.96. The molecule has 0 aromatic heterocycles. The number of anilines is 2. The van der Waals surface area contributed by atoms with Crippen molar-refractivity contribution in [1.82, 2.24) is 0 Å². The molecule has 6 nitrogen and oxygen atoms in total. The number of amides is 1. The van der Waals surface area contributed by atoms with Crippen molar-refractivity contribution in [3.8, 4) is 11.5 Å². The van der Waals surface area contributed by atoms with Crippen molar-refractivity contribution in [2.75, 3.05) is 43.7 Å². The second kappa shape index (κ2) is 8.58. The normalized spacial score (nSPS) is 16.8. The lowest BCUT2D eigenvalue weighted by atomic mass is 10.2. The lowest BCUT2D eigenvalue weighted by Gasteiger charge is -2.35. The van der Waals surface area contributed by atoms with Crippen molar-refractivity contribution >= 4 is 17.3 Å².